The van der Waals surface area contributed by atoms with Gasteiger partial charge in [-0.1, -0.05) is 0 Å². The van der Waals surface area contributed by atoms with Gasteiger partial charge in [-0.05, 0) is 43.5 Å². The number of benzene rings is 1. The maximum Gasteiger partial charge on any atom is 0.490 e. The monoisotopic (exact) mass is 453 g/mol. The second kappa shape index (κ2) is 8.34. The minimum atomic E-state index is -5.08. The van der Waals surface area contributed by atoms with Crippen LogP contribution in [-0.2, 0) is 4.79 Å². The fourth-order valence-corrected chi connectivity index (χ4v) is 4.19. The van der Waals surface area contributed by atoms with Crippen LogP contribution in [0.2, 0.25) is 0 Å². The number of hydrogen-bond acceptors (Lipinski definition) is 8. The predicted octanol–water partition coefficient (Wildman–Crippen LogP) is 2.79. The zero-order valence-electron chi connectivity index (χ0n) is 17.1. The van der Waals surface area contributed by atoms with Crippen LogP contribution in [0.15, 0.2) is 22.6 Å². The number of hydrogen-bond donors (Lipinski definition) is 3. The van der Waals surface area contributed by atoms with Crippen molar-refractivity contribution in [3.8, 4) is 5.75 Å². The lowest BCUT2D eigenvalue weighted by Crippen LogP contribution is -2.40. The third-order valence-corrected chi connectivity index (χ3v) is 5.66. The lowest BCUT2D eigenvalue weighted by atomic mass is 9.94. The summed E-state index contributed by atoms with van der Waals surface area (Å²) in [5.41, 5.74) is 8.25. The molecule has 172 valence electrons. The molecule has 2 atom stereocenters. The van der Waals surface area contributed by atoms with Gasteiger partial charge in [-0.3, -0.25) is 0 Å². The normalized spacial score (nSPS) is 20.7. The highest BCUT2D eigenvalue weighted by Gasteiger charge is 2.38. The molecule has 0 aliphatic carbocycles. The van der Waals surface area contributed by atoms with E-state index in [0.717, 1.165) is 47.7 Å². The number of aromatic nitrogens is 2. The fraction of sp³-hybridized carbons (Fsp3) is 0.450. The highest BCUT2D eigenvalue weighted by Crippen LogP contribution is 2.37. The number of methoxy groups -OCH3 is 1. The van der Waals surface area contributed by atoms with E-state index >= 15 is 0 Å². The molecular weight excluding hydrogens is 431 g/mol. The van der Waals surface area contributed by atoms with Gasteiger partial charge in [-0.2, -0.15) is 18.2 Å². The van der Waals surface area contributed by atoms with Crippen LogP contribution in [0.3, 0.4) is 0 Å². The summed E-state index contributed by atoms with van der Waals surface area (Å²) in [6.45, 7) is 3.00. The first-order valence-electron chi connectivity index (χ1n) is 9.99. The van der Waals surface area contributed by atoms with E-state index in [0.29, 0.717) is 17.5 Å². The first-order chi connectivity index (χ1) is 15.2. The molecule has 2 unspecified atom stereocenters. The number of nitrogen functional groups attached to an aromatic ring is 1. The van der Waals surface area contributed by atoms with Crippen LogP contribution in [0.25, 0.3) is 22.1 Å². The molecule has 0 saturated carbocycles. The van der Waals surface area contributed by atoms with Crippen molar-refractivity contribution in [2.24, 2.45) is 5.92 Å². The number of ether oxygens (including phenoxy) is 1. The Morgan fingerprint density at radius 1 is 1.34 bits per heavy atom. The Kier molecular flexibility index (Phi) is 5.71. The van der Waals surface area contributed by atoms with E-state index in [9.17, 15) is 13.2 Å². The molecule has 0 bridgehead atoms. The highest BCUT2D eigenvalue weighted by molar-refractivity contribution is 6.06. The Morgan fingerprint density at radius 2 is 2.09 bits per heavy atom. The summed E-state index contributed by atoms with van der Waals surface area (Å²) in [6, 6.07) is 6.24. The highest BCUT2D eigenvalue weighted by atomic mass is 19.4. The minimum Gasteiger partial charge on any atom is -0.497 e. The number of halogens is 3. The van der Waals surface area contributed by atoms with Crippen LogP contribution in [0.1, 0.15) is 12.8 Å². The van der Waals surface area contributed by atoms with E-state index in [4.69, 9.17) is 24.8 Å². The summed E-state index contributed by atoms with van der Waals surface area (Å²) in [5.74, 6) is -0.257. The van der Waals surface area contributed by atoms with Gasteiger partial charge in [0.05, 0.1) is 12.5 Å². The molecule has 5 rings (SSSR count). The number of carbonyl (C=O) groups is 1. The summed E-state index contributed by atoms with van der Waals surface area (Å²) in [4.78, 5) is 20.1. The van der Waals surface area contributed by atoms with E-state index in [1.54, 1.807) is 7.11 Å². The maximum atomic E-state index is 10.6. The van der Waals surface area contributed by atoms with Crippen molar-refractivity contribution in [3.63, 3.8) is 0 Å². The Morgan fingerprint density at radius 3 is 2.75 bits per heavy atom. The van der Waals surface area contributed by atoms with Gasteiger partial charge in [0.1, 0.15) is 16.8 Å². The minimum absolute atomic E-state index is 0.274. The van der Waals surface area contributed by atoms with Gasteiger partial charge in [-0.15, -0.1) is 0 Å². The van der Waals surface area contributed by atoms with E-state index < -0.39 is 12.1 Å². The number of fused-ring (bicyclic) bond motifs is 4. The lowest BCUT2D eigenvalue weighted by molar-refractivity contribution is -0.192. The molecule has 32 heavy (non-hydrogen) atoms. The van der Waals surface area contributed by atoms with Crippen LogP contribution < -0.4 is 20.7 Å². The Bertz CT molecular complexity index is 1140. The number of carboxylic acids is 1. The summed E-state index contributed by atoms with van der Waals surface area (Å²) in [7, 11) is 1.65. The quantitative estimate of drug-likeness (QED) is 0.537. The number of carboxylic acid groups (broad SMARTS) is 1. The van der Waals surface area contributed by atoms with Crippen molar-refractivity contribution in [1.29, 1.82) is 0 Å². The third kappa shape index (κ3) is 4.22. The van der Waals surface area contributed by atoms with E-state index in [-0.39, 0.29) is 5.95 Å². The van der Waals surface area contributed by atoms with Crippen molar-refractivity contribution in [2.45, 2.75) is 25.1 Å². The van der Waals surface area contributed by atoms with Gasteiger partial charge in [-0.25, -0.2) is 9.78 Å². The van der Waals surface area contributed by atoms with Crippen molar-refractivity contribution >= 4 is 39.8 Å². The molecule has 0 spiro atoms. The number of piperidine rings is 1. The van der Waals surface area contributed by atoms with Gasteiger partial charge in [0.15, 0.2) is 11.4 Å². The maximum absolute atomic E-state index is 10.6. The number of alkyl halides is 3. The average molecular weight is 453 g/mol. The first-order valence-corrected chi connectivity index (χ1v) is 9.99. The van der Waals surface area contributed by atoms with Crippen molar-refractivity contribution in [2.75, 3.05) is 37.4 Å². The summed E-state index contributed by atoms with van der Waals surface area (Å²) in [6.07, 6.45) is -2.59. The molecule has 4 heterocycles. The lowest BCUT2D eigenvalue weighted by Gasteiger charge is -2.24. The zero-order chi connectivity index (χ0) is 23.0. The van der Waals surface area contributed by atoms with Crippen LogP contribution in [0.5, 0.6) is 5.75 Å². The smallest absolute Gasteiger partial charge is 0.490 e. The first kappa shape index (κ1) is 21.9. The van der Waals surface area contributed by atoms with Gasteiger partial charge in [0, 0.05) is 19.1 Å². The van der Waals surface area contributed by atoms with Crippen molar-refractivity contribution in [3.05, 3.63) is 18.2 Å². The number of anilines is 2. The Balaban J connectivity index is 0.000000307. The molecule has 4 N–H and O–H groups in total. The van der Waals surface area contributed by atoms with Crippen LogP contribution >= 0.6 is 0 Å². The predicted molar refractivity (Wildman–Crippen MR) is 111 cm³/mol. The second-order valence-electron chi connectivity index (χ2n) is 7.72. The van der Waals surface area contributed by atoms with Gasteiger partial charge in [0.25, 0.3) is 0 Å². The third-order valence-electron chi connectivity index (χ3n) is 5.66. The number of furan rings is 1. The SMILES string of the molecule is COc1ccc2oc3c(N4CC5CCCNC5C4)nc(N)nc3c2c1.O=C(O)C(F)(F)F. The van der Waals surface area contributed by atoms with Gasteiger partial charge >= 0.3 is 12.1 Å². The molecule has 0 radical (unpaired) electrons. The Hall–Kier alpha value is -3.28. The number of nitrogens with one attached hydrogen (secondary N) is 1. The fourth-order valence-electron chi connectivity index (χ4n) is 4.19. The molecule has 9 nitrogen and oxygen atoms in total. The second-order valence-corrected chi connectivity index (χ2v) is 7.72. The van der Waals surface area contributed by atoms with Gasteiger partial charge < -0.3 is 30.2 Å². The summed E-state index contributed by atoms with van der Waals surface area (Å²) < 4.78 is 43.2. The zero-order valence-corrected chi connectivity index (χ0v) is 17.1. The van der Waals surface area contributed by atoms with Crippen LogP contribution in [0, 0.1) is 5.92 Å². The van der Waals surface area contributed by atoms with Gasteiger partial charge in [0.2, 0.25) is 5.95 Å². The molecule has 12 heteroatoms. The van der Waals surface area contributed by atoms with E-state index in [1.165, 1.54) is 12.8 Å². The molecule has 2 saturated heterocycles. The van der Waals surface area contributed by atoms with Crippen molar-refractivity contribution < 1.29 is 32.2 Å². The number of aliphatic carboxylic acids is 1. The van der Waals surface area contributed by atoms with E-state index in [2.05, 4.69) is 20.2 Å². The molecule has 2 aliphatic rings. The molecule has 2 aliphatic heterocycles. The standard InChI is InChI=1S/C18H21N5O2.C2HF3O2/c1-24-11-4-5-14-12(7-11)15-16(25-14)17(22-18(19)21-15)23-8-10-3-2-6-20-13(10)9-23;3-2(4,5)1(6)7/h4-5,7,10,13,20H,2-3,6,8-9H2,1H3,(H2,19,21,22);(H,6,7). The van der Waals surface area contributed by atoms with Crippen LogP contribution in [-0.4, -0.2) is 60.0 Å². The molecule has 2 fully saturated rings. The average Bonchev–Trinajstić information content (AvgIpc) is 3.34. The number of nitrogens with two attached hydrogens (primary N) is 1. The van der Waals surface area contributed by atoms with Crippen molar-refractivity contribution in [1.82, 2.24) is 15.3 Å². The molecule has 2 aromatic heterocycles. The Labute approximate surface area is 180 Å². The number of nitrogens with zero attached hydrogens (tertiary/aromatic N) is 3. The molecule has 1 aromatic carbocycles. The number of rotatable bonds is 2. The molecule has 0 amide bonds. The molecular formula is C20H22F3N5O4. The summed E-state index contributed by atoms with van der Waals surface area (Å²) >= 11 is 0. The van der Waals surface area contributed by atoms with E-state index in [1.807, 2.05) is 18.2 Å². The van der Waals surface area contributed by atoms with Crippen LogP contribution in [0.4, 0.5) is 24.9 Å². The summed E-state index contributed by atoms with van der Waals surface area (Å²) in [5, 5.41) is 11.6. The topological polar surface area (TPSA) is 127 Å². The molecule has 3 aromatic rings. The largest absolute Gasteiger partial charge is 0.497 e.